The Balaban J connectivity index is 1.63. The van der Waals surface area contributed by atoms with Crippen molar-refractivity contribution in [2.45, 2.75) is 46.0 Å². The maximum atomic E-state index is 14.6. The van der Waals surface area contributed by atoms with Gasteiger partial charge in [-0.3, -0.25) is 0 Å². The average molecular weight is 401 g/mol. The first-order valence-corrected chi connectivity index (χ1v) is 10.7. The lowest BCUT2D eigenvalue weighted by Gasteiger charge is -2.06. The van der Waals surface area contributed by atoms with Gasteiger partial charge in [0.2, 0.25) is 0 Å². The normalized spacial score (nSPS) is 11.6. The Kier molecular flexibility index (Phi) is 8.08. The molecule has 0 fully saturated rings. The molecule has 0 unspecified atom stereocenters. The summed E-state index contributed by atoms with van der Waals surface area (Å²) in [6, 6.07) is 21.6. The van der Waals surface area contributed by atoms with Gasteiger partial charge in [-0.15, -0.1) is 0 Å². The van der Waals surface area contributed by atoms with Crippen LogP contribution >= 0.6 is 0 Å². The maximum Gasteiger partial charge on any atom is 0.131 e. The van der Waals surface area contributed by atoms with Crippen LogP contribution in [0.1, 0.15) is 55.4 Å². The molecule has 0 radical (unpaired) electrons. The summed E-state index contributed by atoms with van der Waals surface area (Å²) < 4.78 is 14.6. The molecule has 3 aromatic rings. The lowest BCUT2D eigenvalue weighted by Crippen LogP contribution is -1.90. The summed E-state index contributed by atoms with van der Waals surface area (Å²) in [4.78, 5) is 0. The van der Waals surface area contributed by atoms with Crippen molar-refractivity contribution in [3.05, 3.63) is 94.8 Å². The third-order valence-electron chi connectivity index (χ3n) is 5.08. The summed E-state index contributed by atoms with van der Waals surface area (Å²) in [6.45, 7) is 4.36. The predicted molar refractivity (Wildman–Crippen MR) is 126 cm³/mol. The van der Waals surface area contributed by atoms with E-state index in [1.54, 1.807) is 18.5 Å². The number of halogens is 1. The molecule has 0 aliphatic rings. The number of unbranched alkanes of at least 4 members (excludes halogenated alkanes) is 1. The molecule has 0 amide bonds. The molecular weight excluding hydrogens is 371 g/mol. The Morgan fingerprint density at radius 1 is 0.700 bits per heavy atom. The van der Waals surface area contributed by atoms with E-state index in [0.717, 1.165) is 30.4 Å². The molecule has 0 atom stereocenters. The van der Waals surface area contributed by atoms with Crippen molar-refractivity contribution in [2.24, 2.45) is 10.2 Å². The topological polar surface area (TPSA) is 24.7 Å². The van der Waals surface area contributed by atoms with Gasteiger partial charge in [-0.05, 0) is 53.1 Å². The standard InChI is InChI=1S/C27H29FN2/c1-3-5-7-22-12-15-25(16-13-22)26-17-14-24(18-27(26)28)20-30-29-19-23-10-8-21(6-4-2)9-11-23/h8-20H,3-7H2,1-2H3. The fourth-order valence-electron chi connectivity index (χ4n) is 3.34. The van der Waals surface area contributed by atoms with E-state index >= 15 is 0 Å². The second-order valence-electron chi connectivity index (χ2n) is 7.52. The van der Waals surface area contributed by atoms with Crippen LogP contribution in [0.5, 0.6) is 0 Å². The minimum absolute atomic E-state index is 0.254. The third kappa shape index (κ3) is 6.21. The maximum absolute atomic E-state index is 14.6. The second-order valence-corrected chi connectivity index (χ2v) is 7.52. The van der Waals surface area contributed by atoms with Crippen molar-refractivity contribution in [1.82, 2.24) is 0 Å². The molecule has 0 saturated heterocycles. The van der Waals surface area contributed by atoms with Gasteiger partial charge in [-0.2, -0.15) is 10.2 Å². The lowest BCUT2D eigenvalue weighted by molar-refractivity contribution is 0.631. The highest BCUT2D eigenvalue weighted by molar-refractivity contribution is 5.83. The molecule has 30 heavy (non-hydrogen) atoms. The summed E-state index contributed by atoms with van der Waals surface area (Å²) in [7, 11) is 0. The number of rotatable bonds is 9. The molecule has 0 spiro atoms. The summed E-state index contributed by atoms with van der Waals surface area (Å²) in [6.07, 6.45) is 8.92. The van der Waals surface area contributed by atoms with E-state index in [9.17, 15) is 4.39 Å². The Labute approximate surface area is 179 Å². The first-order chi connectivity index (χ1) is 14.7. The SMILES string of the molecule is CCCCc1ccc(-c2ccc(C=NN=Cc3ccc(CCC)cc3)cc2F)cc1. The van der Waals surface area contributed by atoms with Crippen LogP contribution in [0.2, 0.25) is 0 Å². The minimum Gasteiger partial charge on any atom is -0.206 e. The van der Waals surface area contributed by atoms with Crippen LogP contribution in [-0.2, 0) is 12.8 Å². The van der Waals surface area contributed by atoms with Crippen LogP contribution in [0.25, 0.3) is 11.1 Å². The van der Waals surface area contributed by atoms with Gasteiger partial charge in [0.25, 0.3) is 0 Å². The molecule has 0 bridgehead atoms. The average Bonchev–Trinajstić information content (AvgIpc) is 2.77. The molecule has 2 nitrogen and oxygen atoms in total. The van der Waals surface area contributed by atoms with Gasteiger partial charge in [0.1, 0.15) is 5.82 Å². The van der Waals surface area contributed by atoms with Gasteiger partial charge < -0.3 is 0 Å². The van der Waals surface area contributed by atoms with Gasteiger partial charge in [-0.25, -0.2) is 4.39 Å². The van der Waals surface area contributed by atoms with Crippen LogP contribution in [0.15, 0.2) is 76.9 Å². The van der Waals surface area contributed by atoms with Crippen molar-refractivity contribution in [2.75, 3.05) is 0 Å². The lowest BCUT2D eigenvalue weighted by atomic mass is 10.0. The highest BCUT2D eigenvalue weighted by Gasteiger charge is 2.06. The minimum atomic E-state index is -0.254. The molecule has 0 saturated carbocycles. The molecule has 0 aliphatic heterocycles. The van der Waals surface area contributed by atoms with E-state index in [-0.39, 0.29) is 5.82 Å². The highest BCUT2D eigenvalue weighted by atomic mass is 19.1. The van der Waals surface area contributed by atoms with E-state index in [1.165, 1.54) is 30.0 Å². The van der Waals surface area contributed by atoms with Gasteiger partial charge >= 0.3 is 0 Å². The molecule has 0 aliphatic carbocycles. The first kappa shape index (κ1) is 21.6. The zero-order valence-electron chi connectivity index (χ0n) is 17.8. The fraction of sp³-hybridized carbons (Fsp3) is 0.259. The smallest absolute Gasteiger partial charge is 0.131 e. The van der Waals surface area contributed by atoms with Crippen LogP contribution in [-0.4, -0.2) is 12.4 Å². The Hall–Kier alpha value is -3.07. The van der Waals surface area contributed by atoms with Crippen molar-refractivity contribution >= 4 is 12.4 Å². The number of nitrogens with zero attached hydrogens (tertiary/aromatic N) is 2. The monoisotopic (exact) mass is 400 g/mol. The summed E-state index contributed by atoms with van der Waals surface area (Å²) in [5.41, 5.74) is 5.79. The Morgan fingerprint density at radius 2 is 1.30 bits per heavy atom. The van der Waals surface area contributed by atoms with Crippen molar-refractivity contribution in [3.63, 3.8) is 0 Å². The van der Waals surface area contributed by atoms with Crippen LogP contribution in [0, 0.1) is 5.82 Å². The second kappa shape index (κ2) is 11.2. The molecule has 3 heteroatoms. The number of hydrogen-bond donors (Lipinski definition) is 0. The van der Waals surface area contributed by atoms with E-state index in [2.05, 4.69) is 48.3 Å². The van der Waals surface area contributed by atoms with Gasteiger partial charge in [0.15, 0.2) is 0 Å². The summed E-state index contributed by atoms with van der Waals surface area (Å²) in [5, 5.41) is 8.14. The molecule has 3 aromatic carbocycles. The number of aryl methyl sites for hydroxylation is 2. The first-order valence-electron chi connectivity index (χ1n) is 10.7. The van der Waals surface area contributed by atoms with Crippen LogP contribution in [0.4, 0.5) is 4.39 Å². The summed E-state index contributed by atoms with van der Waals surface area (Å²) in [5.74, 6) is -0.254. The van der Waals surface area contributed by atoms with Gasteiger partial charge in [0, 0.05) is 5.56 Å². The van der Waals surface area contributed by atoms with Crippen molar-refractivity contribution < 1.29 is 4.39 Å². The van der Waals surface area contributed by atoms with Crippen molar-refractivity contribution in [3.8, 4) is 11.1 Å². The van der Waals surface area contributed by atoms with Crippen molar-refractivity contribution in [1.29, 1.82) is 0 Å². The molecule has 0 heterocycles. The molecule has 3 rings (SSSR count). The fourth-order valence-corrected chi connectivity index (χ4v) is 3.34. The number of hydrogen-bond acceptors (Lipinski definition) is 2. The van der Waals surface area contributed by atoms with Crippen LogP contribution < -0.4 is 0 Å². The molecule has 154 valence electrons. The predicted octanol–water partition coefficient (Wildman–Crippen LogP) is 7.24. The van der Waals surface area contributed by atoms with E-state index in [4.69, 9.17) is 0 Å². The third-order valence-corrected chi connectivity index (χ3v) is 5.08. The quantitative estimate of drug-likeness (QED) is 0.267. The van der Waals surface area contributed by atoms with Crippen LogP contribution in [0.3, 0.4) is 0 Å². The summed E-state index contributed by atoms with van der Waals surface area (Å²) >= 11 is 0. The molecular formula is C27H29FN2. The van der Waals surface area contributed by atoms with Gasteiger partial charge in [0.05, 0.1) is 12.4 Å². The zero-order valence-corrected chi connectivity index (χ0v) is 17.8. The van der Waals surface area contributed by atoms with E-state index in [0.29, 0.717) is 11.1 Å². The van der Waals surface area contributed by atoms with E-state index < -0.39 is 0 Å². The molecule has 0 aromatic heterocycles. The Morgan fingerprint density at radius 3 is 1.93 bits per heavy atom. The number of benzene rings is 3. The molecule has 0 N–H and O–H groups in total. The van der Waals surface area contributed by atoms with Gasteiger partial charge in [-0.1, -0.05) is 87.4 Å². The van der Waals surface area contributed by atoms with E-state index in [1.807, 2.05) is 30.3 Å². The zero-order chi connectivity index (χ0) is 21.2. The largest absolute Gasteiger partial charge is 0.206 e. The highest BCUT2D eigenvalue weighted by Crippen LogP contribution is 2.24. The Bertz CT molecular complexity index is 986.